The lowest BCUT2D eigenvalue weighted by atomic mass is 9.97. The van der Waals surface area contributed by atoms with Crippen molar-refractivity contribution >= 4 is 27.5 Å². The van der Waals surface area contributed by atoms with Crippen LogP contribution in [0.15, 0.2) is 59.5 Å². The fourth-order valence-corrected chi connectivity index (χ4v) is 5.48. The van der Waals surface area contributed by atoms with Gasteiger partial charge in [-0.2, -0.15) is 4.31 Å². The third-order valence-electron chi connectivity index (χ3n) is 5.16. The molecule has 2 unspecified atom stereocenters. The average molecular weight is 421 g/mol. The van der Waals surface area contributed by atoms with E-state index in [9.17, 15) is 13.2 Å². The molecular weight excluding hydrogens is 396 g/mol. The van der Waals surface area contributed by atoms with Crippen molar-refractivity contribution in [1.82, 2.24) is 9.62 Å². The van der Waals surface area contributed by atoms with Gasteiger partial charge in [-0.05, 0) is 36.5 Å². The Bertz CT molecular complexity index is 918. The summed E-state index contributed by atoms with van der Waals surface area (Å²) in [6.45, 7) is 3.16. The summed E-state index contributed by atoms with van der Waals surface area (Å²) in [6.07, 6.45) is 1.33. The summed E-state index contributed by atoms with van der Waals surface area (Å²) in [6, 6.07) is 16.4. The monoisotopic (exact) mass is 420 g/mol. The quantitative estimate of drug-likeness (QED) is 0.775. The molecule has 1 N–H and O–H groups in total. The number of sulfonamides is 1. The lowest BCUT2D eigenvalue weighted by Crippen LogP contribution is -2.45. The van der Waals surface area contributed by atoms with E-state index in [1.807, 2.05) is 30.3 Å². The molecule has 2 aromatic carbocycles. The molecule has 1 aliphatic heterocycles. The van der Waals surface area contributed by atoms with E-state index in [0.29, 0.717) is 25.9 Å². The molecule has 0 spiro atoms. The molecule has 1 fully saturated rings. The molecule has 0 radical (unpaired) electrons. The molecule has 1 amide bonds. The number of nitrogens with zero attached hydrogens (tertiary/aromatic N) is 1. The Morgan fingerprint density at radius 3 is 2.57 bits per heavy atom. The van der Waals surface area contributed by atoms with Gasteiger partial charge in [-0.3, -0.25) is 4.79 Å². The Balaban J connectivity index is 1.63. The highest BCUT2D eigenvalue weighted by molar-refractivity contribution is 7.89. The van der Waals surface area contributed by atoms with Crippen molar-refractivity contribution in [2.75, 3.05) is 19.6 Å². The number of piperidine rings is 1. The number of benzene rings is 2. The first kappa shape index (κ1) is 20.8. The molecule has 0 bridgehead atoms. The van der Waals surface area contributed by atoms with Gasteiger partial charge in [-0.25, -0.2) is 8.42 Å². The Morgan fingerprint density at radius 1 is 1.18 bits per heavy atom. The lowest BCUT2D eigenvalue weighted by Gasteiger charge is -2.31. The zero-order chi connectivity index (χ0) is 20.1. The topological polar surface area (TPSA) is 66.5 Å². The Labute approximate surface area is 171 Å². The minimum atomic E-state index is -3.71. The molecule has 1 aliphatic rings. The summed E-state index contributed by atoms with van der Waals surface area (Å²) in [5.41, 5.74) is 1.16. The van der Waals surface area contributed by atoms with Gasteiger partial charge >= 0.3 is 0 Å². The average Bonchev–Trinajstić information content (AvgIpc) is 2.72. The van der Waals surface area contributed by atoms with Crippen LogP contribution in [-0.4, -0.2) is 38.3 Å². The Hall–Kier alpha value is -1.89. The highest BCUT2D eigenvalue weighted by Gasteiger charge is 2.34. The Kier molecular flexibility index (Phi) is 6.75. The van der Waals surface area contributed by atoms with E-state index in [0.717, 1.165) is 5.56 Å². The summed E-state index contributed by atoms with van der Waals surface area (Å²) in [5.74, 6) is -0.257. The third kappa shape index (κ3) is 4.74. The van der Waals surface area contributed by atoms with Gasteiger partial charge in [-0.1, -0.05) is 61.0 Å². The number of hydrogen-bond acceptors (Lipinski definition) is 3. The summed E-state index contributed by atoms with van der Waals surface area (Å²) < 4.78 is 27.3. The van der Waals surface area contributed by atoms with Crippen LogP contribution in [0.25, 0.3) is 0 Å². The highest BCUT2D eigenvalue weighted by Crippen LogP contribution is 2.28. The van der Waals surface area contributed by atoms with Gasteiger partial charge in [0.15, 0.2) is 0 Å². The summed E-state index contributed by atoms with van der Waals surface area (Å²) in [4.78, 5) is 12.7. The first-order chi connectivity index (χ1) is 13.4. The van der Waals surface area contributed by atoms with Crippen LogP contribution in [0, 0.1) is 5.92 Å². The fourth-order valence-electron chi connectivity index (χ4n) is 3.47. The zero-order valence-electron chi connectivity index (χ0n) is 15.8. The first-order valence-corrected chi connectivity index (χ1v) is 11.3. The number of hydrogen-bond donors (Lipinski definition) is 1. The van der Waals surface area contributed by atoms with Crippen LogP contribution in [-0.2, 0) is 14.8 Å². The first-order valence-electron chi connectivity index (χ1n) is 9.47. The highest BCUT2D eigenvalue weighted by atomic mass is 35.5. The van der Waals surface area contributed by atoms with E-state index in [4.69, 9.17) is 11.6 Å². The van der Waals surface area contributed by atoms with Gasteiger partial charge in [-0.15, -0.1) is 0 Å². The van der Waals surface area contributed by atoms with Gasteiger partial charge in [0.05, 0.1) is 10.9 Å². The molecule has 0 aromatic heterocycles. The lowest BCUT2D eigenvalue weighted by molar-refractivity contribution is -0.126. The number of carbonyl (C=O) groups excluding carboxylic acids is 1. The predicted octanol–water partition coefficient (Wildman–Crippen LogP) is 3.66. The molecule has 2 atom stereocenters. The summed E-state index contributed by atoms with van der Waals surface area (Å²) in [5, 5.41) is 3.19. The van der Waals surface area contributed by atoms with Gasteiger partial charge in [0.25, 0.3) is 0 Å². The van der Waals surface area contributed by atoms with Crippen LogP contribution in [0.2, 0.25) is 5.02 Å². The standard InChI is InChI=1S/C21H25ClN2O3S/c1-16(17-8-3-2-4-9-17)14-23-21(25)18-10-7-13-24(15-18)28(26,27)20-12-6-5-11-19(20)22/h2-6,8-9,11-12,16,18H,7,10,13-15H2,1H3,(H,23,25). The van der Waals surface area contributed by atoms with E-state index in [-0.39, 0.29) is 34.2 Å². The minimum Gasteiger partial charge on any atom is -0.355 e. The summed E-state index contributed by atoms with van der Waals surface area (Å²) >= 11 is 6.08. The third-order valence-corrected chi connectivity index (χ3v) is 7.53. The maximum Gasteiger partial charge on any atom is 0.244 e. The molecule has 28 heavy (non-hydrogen) atoms. The van der Waals surface area contributed by atoms with Crippen molar-refractivity contribution in [3.63, 3.8) is 0 Å². The predicted molar refractivity (Wildman–Crippen MR) is 111 cm³/mol. The summed E-state index contributed by atoms with van der Waals surface area (Å²) in [7, 11) is -3.71. The van der Waals surface area contributed by atoms with Crippen LogP contribution in [0.3, 0.4) is 0 Å². The van der Waals surface area contributed by atoms with Crippen LogP contribution in [0.4, 0.5) is 0 Å². The molecule has 1 saturated heterocycles. The fraction of sp³-hybridized carbons (Fsp3) is 0.381. The SMILES string of the molecule is CC(CNC(=O)C1CCCN(S(=O)(=O)c2ccccc2Cl)C1)c1ccccc1. The van der Waals surface area contributed by atoms with Gasteiger partial charge in [0.2, 0.25) is 15.9 Å². The number of rotatable bonds is 6. The molecule has 5 nitrogen and oxygen atoms in total. The second-order valence-electron chi connectivity index (χ2n) is 7.19. The van der Waals surface area contributed by atoms with Crippen LogP contribution < -0.4 is 5.32 Å². The van der Waals surface area contributed by atoms with Crippen LogP contribution >= 0.6 is 11.6 Å². The molecule has 1 heterocycles. The second kappa shape index (κ2) is 9.07. The van der Waals surface area contributed by atoms with Crippen molar-refractivity contribution in [2.45, 2.75) is 30.6 Å². The van der Waals surface area contributed by atoms with Crippen molar-refractivity contribution in [3.05, 3.63) is 65.2 Å². The normalized spacial score (nSPS) is 19.1. The maximum atomic E-state index is 12.9. The smallest absolute Gasteiger partial charge is 0.244 e. The molecular formula is C21H25ClN2O3S. The number of halogens is 1. The van der Waals surface area contributed by atoms with Crippen LogP contribution in [0.5, 0.6) is 0 Å². The van der Waals surface area contributed by atoms with Crippen molar-refractivity contribution in [2.24, 2.45) is 5.92 Å². The van der Waals surface area contributed by atoms with Gasteiger partial charge < -0.3 is 5.32 Å². The van der Waals surface area contributed by atoms with Crippen molar-refractivity contribution in [3.8, 4) is 0 Å². The van der Waals surface area contributed by atoms with Gasteiger partial charge in [0, 0.05) is 19.6 Å². The molecule has 3 rings (SSSR count). The van der Waals surface area contributed by atoms with E-state index >= 15 is 0 Å². The molecule has 0 saturated carbocycles. The Morgan fingerprint density at radius 2 is 1.86 bits per heavy atom. The van der Waals surface area contributed by atoms with E-state index in [1.54, 1.807) is 18.2 Å². The van der Waals surface area contributed by atoms with E-state index in [1.165, 1.54) is 10.4 Å². The minimum absolute atomic E-state index is 0.0930. The second-order valence-corrected chi connectivity index (χ2v) is 9.50. The van der Waals surface area contributed by atoms with Crippen molar-refractivity contribution < 1.29 is 13.2 Å². The van der Waals surface area contributed by atoms with Crippen LogP contribution in [0.1, 0.15) is 31.2 Å². The number of carbonyl (C=O) groups is 1. The number of amides is 1. The largest absolute Gasteiger partial charge is 0.355 e. The molecule has 2 aromatic rings. The number of nitrogens with one attached hydrogen (secondary N) is 1. The van der Waals surface area contributed by atoms with E-state index in [2.05, 4.69) is 12.2 Å². The molecule has 0 aliphatic carbocycles. The maximum absolute atomic E-state index is 12.9. The molecule has 7 heteroatoms. The van der Waals surface area contributed by atoms with Crippen molar-refractivity contribution in [1.29, 1.82) is 0 Å². The zero-order valence-corrected chi connectivity index (χ0v) is 17.4. The molecule has 150 valence electrons. The van der Waals surface area contributed by atoms with Gasteiger partial charge in [0.1, 0.15) is 4.90 Å². The van der Waals surface area contributed by atoms with E-state index < -0.39 is 10.0 Å².